The minimum atomic E-state index is -0.628. The van der Waals surface area contributed by atoms with E-state index in [-0.39, 0.29) is 48.0 Å². The van der Waals surface area contributed by atoms with Gasteiger partial charge in [-0.3, -0.25) is 10.2 Å². The standard InChI is InChI=1S/C26H30FN3O4/c1-7-32-20-11-16-12-30(25(28)21(16)22(27)24(20)33-8-2)13-19(31)15-9-17(26(4,5)6)23-18(10-15)29-14(3)34-23/h9-11,28H,7-8,12-13H2,1-6H3. The first-order valence-corrected chi connectivity index (χ1v) is 11.4. The molecule has 0 fully saturated rings. The van der Waals surface area contributed by atoms with Gasteiger partial charge in [-0.15, -0.1) is 0 Å². The molecule has 0 bridgehead atoms. The number of amidine groups is 1. The molecule has 1 aliphatic heterocycles. The van der Waals surface area contributed by atoms with Crippen LogP contribution in [0.2, 0.25) is 0 Å². The van der Waals surface area contributed by atoms with Crippen molar-refractivity contribution >= 4 is 22.7 Å². The Balaban J connectivity index is 1.66. The SMILES string of the molecule is CCOc1cc2c(c(F)c1OCC)C(=N)N(CC(=O)c1cc(C(C)(C)C)c3oc(C)nc3c1)C2. The minimum Gasteiger partial charge on any atom is -0.490 e. The van der Waals surface area contributed by atoms with Gasteiger partial charge in [0.25, 0.3) is 0 Å². The molecule has 4 rings (SSSR count). The van der Waals surface area contributed by atoms with Gasteiger partial charge in [0.05, 0.1) is 25.3 Å². The highest BCUT2D eigenvalue weighted by molar-refractivity contribution is 6.06. The van der Waals surface area contributed by atoms with E-state index in [1.54, 1.807) is 30.9 Å². The van der Waals surface area contributed by atoms with Crippen molar-refractivity contribution in [3.05, 3.63) is 52.2 Å². The summed E-state index contributed by atoms with van der Waals surface area (Å²) in [6.45, 7) is 12.3. The number of ether oxygens (including phenoxy) is 2. The lowest BCUT2D eigenvalue weighted by Crippen LogP contribution is -2.30. The number of hydrogen-bond donors (Lipinski definition) is 1. The number of hydrogen-bond acceptors (Lipinski definition) is 6. The van der Waals surface area contributed by atoms with Crippen LogP contribution < -0.4 is 9.47 Å². The van der Waals surface area contributed by atoms with Crippen molar-refractivity contribution in [1.29, 1.82) is 5.41 Å². The van der Waals surface area contributed by atoms with E-state index < -0.39 is 5.82 Å². The van der Waals surface area contributed by atoms with Gasteiger partial charge in [0, 0.05) is 24.6 Å². The Morgan fingerprint density at radius 3 is 2.56 bits per heavy atom. The van der Waals surface area contributed by atoms with Crippen LogP contribution in [-0.2, 0) is 12.0 Å². The first-order chi connectivity index (χ1) is 16.0. The molecule has 2 heterocycles. The Labute approximate surface area is 198 Å². The molecule has 3 aromatic rings. The van der Waals surface area contributed by atoms with Crippen molar-refractivity contribution in [1.82, 2.24) is 9.88 Å². The second-order valence-corrected chi connectivity index (χ2v) is 9.40. The molecular formula is C26H30FN3O4. The fourth-order valence-corrected chi connectivity index (χ4v) is 4.29. The molecule has 0 saturated carbocycles. The molecule has 1 aromatic heterocycles. The maximum Gasteiger partial charge on any atom is 0.197 e. The lowest BCUT2D eigenvalue weighted by atomic mass is 9.85. The average molecular weight is 468 g/mol. The van der Waals surface area contributed by atoms with E-state index in [2.05, 4.69) is 25.8 Å². The Morgan fingerprint density at radius 1 is 1.21 bits per heavy atom. The molecule has 8 heteroatoms. The molecule has 34 heavy (non-hydrogen) atoms. The molecule has 0 unspecified atom stereocenters. The Hall–Kier alpha value is -3.42. The largest absolute Gasteiger partial charge is 0.490 e. The zero-order valence-corrected chi connectivity index (χ0v) is 20.5. The summed E-state index contributed by atoms with van der Waals surface area (Å²) in [6, 6.07) is 5.26. The van der Waals surface area contributed by atoms with Gasteiger partial charge in [0.1, 0.15) is 11.4 Å². The lowest BCUT2D eigenvalue weighted by Gasteiger charge is -2.21. The molecule has 0 spiro atoms. The molecule has 0 radical (unpaired) electrons. The zero-order valence-electron chi connectivity index (χ0n) is 20.5. The van der Waals surface area contributed by atoms with Crippen LogP contribution in [0.5, 0.6) is 11.5 Å². The maximum atomic E-state index is 15.3. The van der Waals surface area contributed by atoms with Crippen LogP contribution in [0.25, 0.3) is 11.1 Å². The van der Waals surface area contributed by atoms with Crippen LogP contribution >= 0.6 is 0 Å². The first kappa shape index (κ1) is 23.7. The fraction of sp³-hybridized carbons (Fsp3) is 0.423. The number of nitrogens with zero attached hydrogens (tertiary/aromatic N) is 2. The van der Waals surface area contributed by atoms with E-state index >= 15 is 4.39 Å². The van der Waals surface area contributed by atoms with Gasteiger partial charge in [-0.05, 0) is 43.0 Å². The van der Waals surface area contributed by atoms with Gasteiger partial charge in [0.2, 0.25) is 0 Å². The van der Waals surface area contributed by atoms with Crippen LogP contribution in [0, 0.1) is 18.2 Å². The van der Waals surface area contributed by atoms with Crippen LogP contribution in [-0.4, -0.2) is 41.3 Å². The predicted molar refractivity (Wildman–Crippen MR) is 128 cm³/mol. The number of nitrogens with one attached hydrogen (secondary N) is 1. The number of aryl methyl sites for hydroxylation is 1. The fourth-order valence-electron chi connectivity index (χ4n) is 4.29. The highest BCUT2D eigenvalue weighted by Crippen LogP contribution is 2.39. The van der Waals surface area contributed by atoms with Gasteiger partial charge in [-0.2, -0.15) is 0 Å². The number of carbonyl (C=O) groups excluding carboxylic acids is 1. The van der Waals surface area contributed by atoms with Crippen LogP contribution in [0.4, 0.5) is 4.39 Å². The zero-order chi connectivity index (χ0) is 24.8. The molecular weight excluding hydrogens is 437 g/mol. The van der Waals surface area contributed by atoms with Gasteiger partial charge in [0.15, 0.2) is 34.6 Å². The number of oxazole rings is 1. The monoisotopic (exact) mass is 467 g/mol. The van der Waals surface area contributed by atoms with Crippen molar-refractivity contribution in [2.75, 3.05) is 19.8 Å². The number of rotatable bonds is 7. The second kappa shape index (κ2) is 8.74. The number of fused-ring (bicyclic) bond motifs is 2. The number of carbonyl (C=O) groups is 1. The van der Waals surface area contributed by atoms with Gasteiger partial charge < -0.3 is 18.8 Å². The van der Waals surface area contributed by atoms with Gasteiger partial charge in [-0.1, -0.05) is 20.8 Å². The molecule has 1 N–H and O–H groups in total. The number of ketones is 1. The number of Topliss-reactive ketones (excluding diaryl/α,β-unsaturated/α-hetero) is 1. The topological polar surface area (TPSA) is 88.7 Å². The summed E-state index contributed by atoms with van der Waals surface area (Å²) in [7, 11) is 0. The van der Waals surface area contributed by atoms with Crippen molar-refractivity contribution in [2.45, 2.75) is 53.5 Å². The molecule has 1 aliphatic rings. The van der Waals surface area contributed by atoms with E-state index in [0.29, 0.717) is 40.5 Å². The molecule has 0 atom stereocenters. The summed E-state index contributed by atoms with van der Waals surface area (Å²) in [5.41, 5.74) is 3.17. The molecule has 0 amide bonds. The van der Waals surface area contributed by atoms with Crippen molar-refractivity contribution in [3.63, 3.8) is 0 Å². The highest BCUT2D eigenvalue weighted by atomic mass is 19.1. The Morgan fingerprint density at radius 2 is 1.91 bits per heavy atom. The van der Waals surface area contributed by atoms with E-state index in [1.165, 1.54) is 0 Å². The van der Waals surface area contributed by atoms with E-state index in [9.17, 15) is 4.79 Å². The Kier molecular flexibility index (Phi) is 6.10. The third-order valence-corrected chi connectivity index (χ3v) is 5.83. The Bertz CT molecular complexity index is 1290. The lowest BCUT2D eigenvalue weighted by molar-refractivity contribution is 0.0962. The summed E-state index contributed by atoms with van der Waals surface area (Å²) in [4.78, 5) is 19.3. The van der Waals surface area contributed by atoms with Gasteiger partial charge >= 0.3 is 0 Å². The molecule has 180 valence electrons. The van der Waals surface area contributed by atoms with Crippen molar-refractivity contribution in [3.8, 4) is 11.5 Å². The molecule has 7 nitrogen and oxygen atoms in total. The summed E-state index contributed by atoms with van der Waals surface area (Å²) >= 11 is 0. The van der Waals surface area contributed by atoms with Crippen LogP contribution in [0.3, 0.4) is 0 Å². The molecule has 0 saturated heterocycles. The van der Waals surface area contributed by atoms with E-state index in [4.69, 9.17) is 19.3 Å². The third kappa shape index (κ3) is 4.13. The second-order valence-electron chi connectivity index (χ2n) is 9.40. The number of halogens is 1. The smallest absolute Gasteiger partial charge is 0.197 e. The van der Waals surface area contributed by atoms with Crippen LogP contribution in [0.1, 0.15) is 67.6 Å². The van der Waals surface area contributed by atoms with E-state index in [1.807, 2.05) is 13.0 Å². The number of aromatic nitrogens is 1. The quantitative estimate of drug-likeness (QED) is 0.469. The summed E-state index contributed by atoms with van der Waals surface area (Å²) in [5.74, 6) is -0.00362. The first-order valence-electron chi connectivity index (χ1n) is 11.4. The average Bonchev–Trinajstić information content (AvgIpc) is 3.28. The summed E-state index contributed by atoms with van der Waals surface area (Å²) in [6.07, 6.45) is 0. The molecule has 0 aliphatic carbocycles. The summed E-state index contributed by atoms with van der Waals surface area (Å²) < 4.78 is 32.1. The normalized spacial score (nSPS) is 13.5. The minimum absolute atomic E-state index is 0.00250. The van der Waals surface area contributed by atoms with Crippen molar-refractivity contribution in [2.24, 2.45) is 0 Å². The number of benzene rings is 2. The maximum absolute atomic E-state index is 15.3. The van der Waals surface area contributed by atoms with Crippen LogP contribution in [0.15, 0.2) is 22.6 Å². The predicted octanol–water partition coefficient (Wildman–Crippen LogP) is 5.39. The van der Waals surface area contributed by atoms with Gasteiger partial charge in [-0.25, -0.2) is 9.37 Å². The van der Waals surface area contributed by atoms with E-state index in [0.717, 1.165) is 5.56 Å². The third-order valence-electron chi connectivity index (χ3n) is 5.83. The summed E-state index contributed by atoms with van der Waals surface area (Å²) in [5, 5.41) is 8.57. The highest BCUT2D eigenvalue weighted by Gasteiger charge is 2.33. The molecule has 2 aromatic carbocycles. The van der Waals surface area contributed by atoms with Crippen molar-refractivity contribution < 1.29 is 23.1 Å².